The first-order valence-electron chi connectivity index (χ1n) is 4.92. The van der Waals surface area contributed by atoms with Crippen LogP contribution in [0.3, 0.4) is 0 Å². The number of benzene rings is 1. The molecule has 0 aromatic heterocycles. The summed E-state index contributed by atoms with van der Waals surface area (Å²) in [6.45, 7) is 0. The van der Waals surface area contributed by atoms with Gasteiger partial charge in [0.2, 0.25) is 11.6 Å². The topological polar surface area (TPSA) is 74.6 Å². The maximum Gasteiger partial charge on any atom is 0.210 e. The number of phenolic OH excluding ortho intramolecular Hbond substituents is 2. The molecule has 80 valence electrons. The third-order valence-electron chi connectivity index (χ3n) is 3.18. The van der Waals surface area contributed by atoms with Crippen molar-refractivity contribution in [3.05, 3.63) is 35.4 Å². The minimum atomic E-state index is -0.736. The molecule has 2 bridgehead atoms. The number of aromatic hydroxyl groups is 2. The van der Waals surface area contributed by atoms with Gasteiger partial charge in [0.1, 0.15) is 0 Å². The summed E-state index contributed by atoms with van der Waals surface area (Å²) in [6.07, 6.45) is 3.28. The molecule has 2 unspecified atom stereocenters. The molecule has 3 aliphatic rings. The van der Waals surface area contributed by atoms with Crippen molar-refractivity contribution in [3.63, 3.8) is 0 Å². The largest absolute Gasteiger partial charge is 0.504 e. The Balaban J connectivity index is 2.35. The van der Waals surface area contributed by atoms with Gasteiger partial charge in [0.05, 0.1) is 11.8 Å². The van der Waals surface area contributed by atoms with Crippen LogP contribution in [0.2, 0.25) is 0 Å². The molecule has 1 aromatic carbocycles. The molecule has 0 aliphatic heterocycles. The van der Waals surface area contributed by atoms with E-state index in [9.17, 15) is 19.8 Å². The van der Waals surface area contributed by atoms with Crippen LogP contribution in [0, 0.1) is 0 Å². The summed E-state index contributed by atoms with van der Waals surface area (Å²) in [7, 11) is 0. The zero-order chi connectivity index (χ0) is 11.4. The summed E-state index contributed by atoms with van der Waals surface area (Å²) in [4.78, 5) is 23.2. The van der Waals surface area contributed by atoms with Crippen LogP contribution in [0.1, 0.15) is 23.0 Å². The SMILES string of the molecule is O=C1C(=O)C2C=CC1c1ccc(O)c(O)c12. The molecular weight excluding hydrogens is 208 g/mol. The summed E-state index contributed by atoms with van der Waals surface area (Å²) in [5.41, 5.74) is 0.990. The minimum absolute atomic E-state index is 0.264. The van der Waals surface area contributed by atoms with Crippen LogP contribution in [-0.2, 0) is 9.59 Å². The number of carbonyl (C=O) groups is 2. The lowest BCUT2D eigenvalue weighted by molar-refractivity contribution is -0.138. The third-order valence-corrected chi connectivity index (χ3v) is 3.18. The highest BCUT2D eigenvalue weighted by Gasteiger charge is 2.43. The van der Waals surface area contributed by atoms with Gasteiger partial charge in [-0.2, -0.15) is 0 Å². The predicted octanol–water partition coefficient (Wildman–Crippen LogP) is 0.987. The highest BCUT2D eigenvalue weighted by Crippen LogP contribution is 2.47. The van der Waals surface area contributed by atoms with Gasteiger partial charge in [-0.25, -0.2) is 0 Å². The number of hydrogen-bond donors (Lipinski definition) is 2. The Kier molecular flexibility index (Phi) is 1.56. The number of fused-ring (bicyclic) bond motifs is 1. The lowest BCUT2D eigenvalue weighted by Gasteiger charge is -2.31. The Morgan fingerprint density at radius 2 is 1.56 bits per heavy atom. The van der Waals surface area contributed by atoms with E-state index in [4.69, 9.17) is 0 Å². The van der Waals surface area contributed by atoms with E-state index in [1.165, 1.54) is 6.07 Å². The number of allylic oxidation sites excluding steroid dienone is 2. The van der Waals surface area contributed by atoms with E-state index >= 15 is 0 Å². The summed E-state index contributed by atoms with van der Waals surface area (Å²) in [5.74, 6) is -2.85. The molecule has 4 nitrogen and oxygen atoms in total. The first-order chi connectivity index (χ1) is 7.61. The van der Waals surface area contributed by atoms with Gasteiger partial charge >= 0.3 is 0 Å². The van der Waals surface area contributed by atoms with Gasteiger partial charge in [-0.05, 0) is 11.6 Å². The van der Waals surface area contributed by atoms with Crippen molar-refractivity contribution in [3.8, 4) is 11.5 Å². The number of Topliss-reactive ketones (excluding diaryl/α,β-unsaturated/α-hetero) is 2. The van der Waals surface area contributed by atoms with Crippen molar-refractivity contribution in [2.24, 2.45) is 0 Å². The molecule has 0 saturated heterocycles. The fraction of sp³-hybridized carbons (Fsp3) is 0.167. The Morgan fingerprint density at radius 3 is 2.31 bits per heavy atom. The van der Waals surface area contributed by atoms with E-state index < -0.39 is 23.4 Å². The number of hydrogen-bond acceptors (Lipinski definition) is 4. The van der Waals surface area contributed by atoms with Crippen LogP contribution in [0.4, 0.5) is 0 Å². The molecular formula is C12H8O4. The number of rotatable bonds is 0. The molecule has 0 heterocycles. The molecule has 0 radical (unpaired) electrons. The molecule has 4 rings (SSSR count). The van der Waals surface area contributed by atoms with Crippen molar-refractivity contribution in [2.45, 2.75) is 11.8 Å². The van der Waals surface area contributed by atoms with Gasteiger partial charge in [-0.1, -0.05) is 18.2 Å². The Bertz CT molecular complexity index is 556. The van der Waals surface area contributed by atoms with E-state index in [1.807, 2.05) is 0 Å². The van der Waals surface area contributed by atoms with E-state index in [2.05, 4.69) is 0 Å². The quantitative estimate of drug-likeness (QED) is 0.385. The van der Waals surface area contributed by atoms with E-state index in [0.717, 1.165) is 0 Å². The summed E-state index contributed by atoms with van der Waals surface area (Å²) < 4.78 is 0. The van der Waals surface area contributed by atoms with Gasteiger partial charge in [0.15, 0.2) is 11.5 Å². The maximum atomic E-state index is 11.6. The monoisotopic (exact) mass is 216 g/mol. The molecule has 3 aliphatic carbocycles. The van der Waals surface area contributed by atoms with Crippen molar-refractivity contribution in [2.75, 3.05) is 0 Å². The van der Waals surface area contributed by atoms with Crippen LogP contribution in [0.25, 0.3) is 0 Å². The highest BCUT2D eigenvalue weighted by atomic mass is 16.3. The zero-order valence-electron chi connectivity index (χ0n) is 8.18. The third kappa shape index (κ3) is 0.888. The first-order valence-corrected chi connectivity index (χ1v) is 4.92. The summed E-state index contributed by atoms with van der Waals surface area (Å²) >= 11 is 0. The fourth-order valence-corrected chi connectivity index (χ4v) is 2.39. The lowest BCUT2D eigenvalue weighted by Crippen LogP contribution is -2.35. The van der Waals surface area contributed by atoms with Crippen molar-refractivity contribution in [1.82, 2.24) is 0 Å². The molecule has 2 atom stereocenters. The van der Waals surface area contributed by atoms with Gasteiger partial charge in [-0.3, -0.25) is 9.59 Å². The van der Waals surface area contributed by atoms with Crippen LogP contribution in [0.15, 0.2) is 24.3 Å². The highest BCUT2D eigenvalue weighted by molar-refractivity contribution is 6.44. The number of ketones is 2. The minimum Gasteiger partial charge on any atom is -0.504 e. The van der Waals surface area contributed by atoms with Crippen molar-refractivity contribution in [1.29, 1.82) is 0 Å². The number of carbonyl (C=O) groups excluding carboxylic acids is 2. The molecule has 2 N–H and O–H groups in total. The molecule has 1 aromatic rings. The van der Waals surface area contributed by atoms with Crippen LogP contribution in [-0.4, -0.2) is 21.8 Å². The number of phenols is 2. The molecule has 0 fully saturated rings. The average Bonchev–Trinajstić information content (AvgIpc) is 2.29. The van der Waals surface area contributed by atoms with E-state index in [-0.39, 0.29) is 11.5 Å². The Morgan fingerprint density at radius 1 is 0.938 bits per heavy atom. The second-order valence-electron chi connectivity index (χ2n) is 4.00. The van der Waals surface area contributed by atoms with Gasteiger partial charge in [0, 0.05) is 5.56 Å². The second kappa shape index (κ2) is 2.72. The molecule has 0 saturated carbocycles. The molecule has 0 amide bonds. The molecule has 4 heteroatoms. The fourth-order valence-electron chi connectivity index (χ4n) is 2.39. The van der Waals surface area contributed by atoms with Crippen molar-refractivity contribution < 1.29 is 19.8 Å². The van der Waals surface area contributed by atoms with Crippen molar-refractivity contribution >= 4 is 11.6 Å². The maximum absolute atomic E-state index is 11.6. The normalized spacial score (nSPS) is 26.0. The predicted molar refractivity (Wildman–Crippen MR) is 54.4 cm³/mol. The standard InChI is InChI=1S/C12H8O4/c13-8-4-3-5-6-1-2-7(9(5)12(8)16)11(15)10(6)14/h1-4,6-7,13,16H. The average molecular weight is 216 g/mol. The zero-order valence-corrected chi connectivity index (χ0v) is 8.18. The summed E-state index contributed by atoms with van der Waals surface area (Å²) in [5, 5.41) is 19.1. The lowest BCUT2D eigenvalue weighted by atomic mass is 9.69. The van der Waals surface area contributed by atoms with Gasteiger partial charge in [-0.15, -0.1) is 0 Å². The first kappa shape index (κ1) is 9.15. The van der Waals surface area contributed by atoms with Crippen LogP contribution >= 0.6 is 0 Å². The Hall–Kier alpha value is -2.10. The van der Waals surface area contributed by atoms with Gasteiger partial charge < -0.3 is 10.2 Å². The van der Waals surface area contributed by atoms with Gasteiger partial charge in [0.25, 0.3) is 0 Å². The smallest absolute Gasteiger partial charge is 0.210 e. The second-order valence-corrected chi connectivity index (χ2v) is 4.00. The van der Waals surface area contributed by atoms with Crippen LogP contribution < -0.4 is 0 Å². The van der Waals surface area contributed by atoms with E-state index in [1.54, 1.807) is 18.2 Å². The molecule has 0 spiro atoms. The molecule has 16 heavy (non-hydrogen) atoms. The summed E-state index contributed by atoms with van der Waals surface area (Å²) in [6, 6.07) is 2.91. The van der Waals surface area contributed by atoms with Crippen LogP contribution in [0.5, 0.6) is 11.5 Å². The Labute approximate surface area is 90.8 Å². The van der Waals surface area contributed by atoms with E-state index in [0.29, 0.717) is 11.1 Å².